The zero-order chi connectivity index (χ0) is 45.8. The Morgan fingerprint density at radius 2 is 1.09 bits per heavy atom. The average Bonchev–Trinajstić information content (AvgIpc) is 4.02. The number of hydrogen-bond acceptors (Lipinski definition) is 5. The first kappa shape index (κ1) is 39.8. The summed E-state index contributed by atoms with van der Waals surface area (Å²) in [5, 5.41) is 5.25. The van der Waals surface area contributed by atoms with Crippen molar-refractivity contribution < 1.29 is 0 Å². The third kappa shape index (κ3) is 5.45. The maximum absolute atomic E-state index is 2.75. The summed E-state index contributed by atoms with van der Waals surface area (Å²) in [5.74, 6) is 0. The highest BCUT2D eigenvalue weighted by Crippen LogP contribution is 2.61. The van der Waals surface area contributed by atoms with Crippen LogP contribution in [0.4, 0.5) is 45.5 Å². The summed E-state index contributed by atoms with van der Waals surface area (Å²) in [4.78, 5) is 8.02. The largest absolute Gasteiger partial charge is 0.334 e. The Morgan fingerprint density at radius 1 is 0.449 bits per heavy atom. The van der Waals surface area contributed by atoms with Gasteiger partial charge in [-0.1, -0.05) is 135 Å². The van der Waals surface area contributed by atoms with E-state index in [2.05, 4.69) is 224 Å². The number of anilines is 8. The second kappa shape index (κ2) is 14.5. The van der Waals surface area contributed by atoms with Crippen molar-refractivity contribution in [3.05, 3.63) is 199 Å². The van der Waals surface area contributed by atoms with Gasteiger partial charge in [-0.3, -0.25) is 0 Å². The molecule has 1 aliphatic carbocycles. The molecule has 15 rings (SSSR count). The van der Waals surface area contributed by atoms with Gasteiger partial charge in [0.15, 0.2) is 0 Å². The van der Waals surface area contributed by atoms with Crippen LogP contribution in [0.2, 0.25) is 0 Å². The van der Waals surface area contributed by atoms with Gasteiger partial charge in [0.25, 0.3) is 6.71 Å². The molecule has 0 saturated heterocycles. The van der Waals surface area contributed by atoms with Crippen molar-refractivity contribution in [3.8, 4) is 11.1 Å². The van der Waals surface area contributed by atoms with E-state index in [0.29, 0.717) is 0 Å². The number of rotatable bonds is 4. The Balaban J connectivity index is 1.03. The Bertz CT molecular complexity index is 3960. The third-order valence-electron chi connectivity index (χ3n) is 16.8. The highest BCUT2D eigenvalue weighted by Gasteiger charge is 2.57. The number of fused-ring (bicyclic) bond motifs is 13. The summed E-state index contributed by atoms with van der Waals surface area (Å²) in [6.07, 6.45) is 4.87. The van der Waals surface area contributed by atoms with E-state index in [-0.39, 0.29) is 17.7 Å². The van der Waals surface area contributed by atoms with Crippen molar-refractivity contribution in [2.24, 2.45) is 0 Å². The average molecular weight is 922 g/mol. The fraction of sp³-hybridized carbons (Fsp3) is 0.143. The van der Waals surface area contributed by atoms with Gasteiger partial charge in [0.1, 0.15) is 0 Å². The number of thiophene rings is 2. The van der Waals surface area contributed by atoms with E-state index in [1.165, 1.54) is 144 Å². The molecule has 2 atom stereocenters. The first-order valence-electron chi connectivity index (χ1n) is 24.7. The van der Waals surface area contributed by atoms with Crippen molar-refractivity contribution >= 4 is 132 Å². The van der Waals surface area contributed by atoms with E-state index in [4.69, 9.17) is 0 Å². The van der Waals surface area contributed by atoms with Crippen LogP contribution in [-0.2, 0) is 5.41 Å². The van der Waals surface area contributed by atoms with Crippen LogP contribution in [0.5, 0.6) is 0 Å². The molecule has 5 heterocycles. The molecule has 1 saturated carbocycles. The van der Waals surface area contributed by atoms with Gasteiger partial charge in [0.2, 0.25) is 0 Å². The summed E-state index contributed by atoms with van der Waals surface area (Å²) >= 11 is 3.80. The second-order valence-electron chi connectivity index (χ2n) is 20.4. The Labute approximate surface area is 411 Å². The van der Waals surface area contributed by atoms with Gasteiger partial charge in [0, 0.05) is 80.9 Å². The van der Waals surface area contributed by atoms with Gasteiger partial charge in [-0.25, -0.2) is 0 Å². The van der Waals surface area contributed by atoms with E-state index >= 15 is 0 Å². The zero-order valence-electron chi connectivity index (χ0n) is 39.0. The number of benzene rings is 9. The van der Waals surface area contributed by atoms with E-state index < -0.39 is 0 Å². The molecule has 6 heteroatoms. The highest BCUT2D eigenvalue weighted by molar-refractivity contribution is 7.26. The van der Waals surface area contributed by atoms with Crippen LogP contribution in [0.1, 0.15) is 50.7 Å². The molecule has 0 spiro atoms. The lowest BCUT2D eigenvalue weighted by Crippen LogP contribution is -2.61. The minimum atomic E-state index is -0.0590. The van der Waals surface area contributed by atoms with Crippen molar-refractivity contribution in [3.63, 3.8) is 0 Å². The number of para-hydroxylation sites is 1. The number of hydrogen-bond donors (Lipinski definition) is 0. The molecule has 9 aromatic carbocycles. The maximum Gasteiger partial charge on any atom is 0.252 e. The predicted octanol–water partition coefficient (Wildman–Crippen LogP) is 16.2. The molecule has 11 aromatic rings. The van der Waals surface area contributed by atoms with Crippen LogP contribution in [0.25, 0.3) is 51.5 Å². The Hall–Kier alpha value is -7.12. The van der Waals surface area contributed by atoms with Crippen molar-refractivity contribution in [2.45, 2.75) is 57.4 Å². The van der Waals surface area contributed by atoms with Gasteiger partial charge in [-0.2, -0.15) is 0 Å². The quantitative estimate of drug-likeness (QED) is 0.163. The van der Waals surface area contributed by atoms with Crippen LogP contribution < -0.4 is 31.1 Å². The molecule has 330 valence electrons. The molecule has 0 amide bonds. The zero-order valence-corrected chi connectivity index (χ0v) is 40.6. The number of aryl methyl sites for hydroxylation is 1. The topological polar surface area (TPSA) is 9.72 Å². The van der Waals surface area contributed by atoms with Crippen LogP contribution in [0, 0.1) is 6.92 Å². The lowest BCUT2D eigenvalue weighted by Gasteiger charge is -2.50. The van der Waals surface area contributed by atoms with Crippen LogP contribution in [-0.4, -0.2) is 12.3 Å². The molecular weight excluding hydrogens is 874 g/mol. The second-order valence-corrected chi connectivity index (χ2v) is 22.5. The third-order valence-corrected chi connectivity index (χ3v) is 19.2. The summed E-state index contributed by atoms with van der Waals surface area (Å²) in [6.45, 7) is 7.40. The van der Waals surface area contributed by atoms with Crippen molar-refractivity contribution in [2.75, 3.05) is 14.7 Å². The molecule has 0 bridgehead atoms. The normalized spacial score (nSPS) is 19.0. The van der Waals surface area contributed by atoms with Crippen LogP contribution >= 0.6 is 22.7 Å². The lowest BCUT2D eigenvalue weighted by molar-refractivity contribution is 0.195. The number of nitrogens with zero attached hydrogens (tertiary/aromatic N) is 3. The molecule has 0 N–H and O–H groups in total. The maximum atomic E-state index is 2.75. The van der Waals surface area contributed by atoms with E-state index in [9.17, 15) is 0 Å². The Kier molecular flexibility index (Phi) is 8.35. The fourth-order valence-electron chi connectivity index (χ4n) is 13.5. The first-order chi connectivity index (χ1) is 33.9. The molecule has 1 fully saturated rings. The molecule has 2 aromatic heterocycles. The standard InChI is InChI=1S/C63H48BN3S2/c1-39-34-55-60-56(35-39)66(52-23-15-20-46-44-18-7-12-25-58(44)69-61(46)52)54-38-43(67-51-22-10-9-21-48(51)62(2)32-13-14-33-63(62,67)3)27-30-50(54)64(60)49-29-26-41(40-16-5-4-6-17-40)36-53(49)65(55)42-28-31-59-47(37-42)45-19-8-11-24-57(45)68-59/h4-12,15-31,34-38H,13-14,32-33H2,1-3H3. The molecule has 4 aliphatic rings. The van der Waals surface area contributed by atoms with Gasteiger partial charge in [0.05, 0.1) is 15.9 Å². The minimum absolute atomic E-state index is 0.000639. The van der Waals surface area contributed by atoms with Gasteiger partial charge < -0.3 is 14.7 Å². The van der Waals surface area contributed by atoms with Crippen molar-refractivity contribution in [1.82, 2.24) is 0 Å². The molecule has 3 nitrogen and oxygen atoms in total. The fourth-order valence-corrected chi connectivity index (χ4v) is 15.8. The SMILES string of the molecule is Cc1cc2c3c(c1)N(c1cccc4c1sc1ccccc14)c1cc(N4c5ccccc5C5(C)CCCCC45C)ccc1B3c1ccc(-c3ccccc3)cc1N2c1ccc2sc3ccccc3c2c1. The monoisotopic (exact) mass is 921 g/mol. The lowest BCUT2D eigenvalue weighted by atomic mass is 9.33. The molecule has 0 radical (unpaired) electrons. The summed E-state index contributed by atoms with van der Waals surface area (Å²) < 4.78 is 5.27. The highest BCUT2D eigenvalue weighted by atomic mass is 32.1. The van der Waals surface area contributed by atoms with Gasteiger partial charge in [-0.05, 0) is 138 Å². The molecule has 3 aliphatic heterocycles. The molecular formula is C63H48BN3S2. The van der Waals surface area contributed by atoms with E-state index in [1.54, 1.807) is 0 Å². The summed E-state index contributed by atoms with van der Waals surface area (Å²) in [5.41, 5.74) is 19.2. The van der Waals surface area contributed by atoms with Crippen molar-refractivity contribution in [1.29, 1.82) is 0 Å². The Morgan fingerprint density at radius 3 is 1.93 bits per heavy atom. The summed E-state index contributed by atoms with van der Waals surface area (Å²) in [6, 6.07) is 72.0. The van der Waals surface area contributed by atoms with E-state index in [0.717, 1.165) is 6.42 Å². The molecule has 69 heavy (non-hydrogen) atoms. The molecule has 2 unspecified atom stereocenters. The van der Waals surface area contributed by atoms with Crippen LogP contribution in [0.15, 0.2) is 188 Å². The minimum Gasteiger partial charge on any atom is -0.334 e. The first-order valence-corrected chi connectivity index (χ1v) is 26.3. The van der Waals surface area contributed by atoms with E-state index in [1.807, 2.05) is 22.7 Å². The summed E-state index contributed by atoms with van der Waals surface area (Å²) in [7, 11) is 0. The van der Waals surface area contributed by atoms with Crippen LogP contribution in [0.3, 0.4) is 0 Å². The predicted molar refractivity (Wildman–Crippen MR) is 299 cm³/mol. The van der Waals surface area contributed by atoms with Gasteiger partial charge in [-0.15, -0.1) is 22.7 Å². The van der Waals surface area contributed by atoms with Gasteiger partial charge >= 0.3 is 0 Å². The smallest absolute Gasteiger partial charge is 0.252 e.